The first kappa shape index (κ1) is 14.2. The molecular weight excluding hydrogens is 278 g/mol. The molecule has 1 saturated carbocycles. The average Bonchev–Trinajstić information content (AvgIpc) is 2.82. The van der Waals surface area contributed by atoms with Crippen LogP contribution in [0.5, 0.6) is 0 Å². The predicted octanol–water partition coefficient (Wildman–Crippen LogP) is -0.746. The van der Waals surface area contributed by atoms with Crippen molar-refractivity contribution in [3.05, 3.63) is 0 Å². The molecule has 6 nitrogen and oxygen atoms in total. The van der Waals surface area contributed by atoms with E-state index >= 15 is 0 Å². The van der Waals surface area contributed by atoms with Gasteiger partial charge in [-0.1, -0.05) is 6.42 Å². The second kappa shape index (κ2) is 5.07. The van der Waals surface area contributed by atoms with Crippen LogP contribution in [0, 0.1) is 5.92 Å². The minimum atomic E-state index is -3.58. The van der Waals surface area contributed by atoms with E-state index in [2.05, 4.69) is 4.72 Å². The normalized spacial score (nSPS) is 35.9. The summed E-state index contributed by atoms with van der Waals surface area (Å²) in [4.78, 5) is 0. The van der Waals surface area contributed by atoms with E-state index in [0.717, 1.165) is 12.8 Å². The van der Waals surface area contributed by atoms with Gasteiger partial charge in [0, 0.05) is 6.54 Å². The van der Waals surface area contributed by atoms with Gasteiger partial charge in [-0.25, -0.2) is 21.6 Å². The van der Waals surface area contributed by atoms with Crippen molar-refractivity contribution in [1.82, 2.24) is 4.72 Å². The van der Waals surface area contributed by atoms with Gasteiger partial charge in [0.25, 0.3) is 0 Å². The third kappa shape index (κ3) is 3.23. The van der Waals surface area contributed by atoms with Crippen LogP contribution in [0.4, 0.5) is 0 Å². The summed E-state index contributed by atoms with van der Waals surface area (Å²) < 4.78 is 48.8. The van der Waals surface area contributed by atoms with Crippen molar-refractivity contribution in [1.29, 1.82) is 0 Å². The van der Waals surface area contributed by atoms with Gasteiger partial charge in [0.1, 0.15) is 0 Å². The maximum Gasteiger partial charge on any atom is 0.215 e. The summed E-state index contributed by atoms with van der Waals surface area (Å²) in [6.07, 6.45) is 2.16. The van der Waals surface area contributed by atoms with Crippen LogP contribution in [0.1, 0.15) is 25.7 Å². The highest BCUT2D eigenvalue weighted by Crippen LogP contribution is 2.25. The van der Waals surface area contributed by atoms with Gasteiger partial charge in [-0.05, 0) is 25.2 Å². The molecule has 3 atom stereocenters. The summed E-state index contributed by atoms with van der Waals surface area (Å²) in [7, 11) is -6.78. The standard InChI is InChI=1S/C10H19NO5S2/c12-10-3-1-2-8(10)6-11-18(15,16)9-4-5-17(13,14)7-9/h8-12H,1-7H2. The number of aliphatic hydroxyl groups excluding tert-OH is 1. The summed E-state index contributed by atoms with van der Waals surface area (Å²) in [6.45, 7) is 0.208. The fraction of sp³-hybridized carbons (Fsp3) is 1.00. The molecule has 2 rings (SSSR count). The van der Waals surface area contributed by atoms with E-state index < -0.39 is 31.2 Å². The van der Waals surface area contributed by atoms with Crippen molar-refractivity contribution in [3.8, 4) is 0 Å². The first-order valence-electron chi connectivity index (χ1n) is 6.17. The van der Waals surface area contributed by atoms with Gasteiger partial charge in [0.2, 0.25) is 10.0 Å². The Hall–Kier alpha value is -0.180. The van der Waals surface area contributed by atoms with Crippen LogP contribution in [0.3, 0.4) is 0 Å². The Morgan fingerprint density at radius 3 is 2.44 bits per heavy atom. The lowest BCUT2D eigenvalue weighted by Gasteiger charge is -2.17. The van der Waals surface area contributed by atoms with E-state index in [-0.39, 0.29) is 30.4 Å². The maximum absolute atomic E-state index is 11.9. The number of rotatable bonds is 4. The van der Waals surface area contributed by atoms with Crippen LogP contribution in [-0.2, 0) is 19.9 Å². The minimum Gasteiger partial charge on any atom is -0.393 e. The molecule has 2 fully saturated rings. The molecule has 2 aliphatic rings. The summed E-state index contributed by atoms with van der Waals surface area (Å²) in [5.41, 5.74) is 0. The zero-order valence-electron chi connectivity index (χ0n) is 10.1. The van der Waals surface area contributed by atoms with Crippen LogP contribution in [-0.4, -0.2) is 51.3 Å². The molecule has 0 aromatic heterocycles. The fourth-order valence-electron chi connectivity index (χ4n) is 2.60. The third-order valence-corrected chi connectivity index (χ3v) is 7.62. The summed E-state index contributed by atoms with van der Waals surface area (Å²) in [5.74, 6) is -0.377. The molecular formula is C10H19NO5S2. The van der Waals surface area contributed by atoms with Crippen molar-refractivity contribution in [2.24, 2.45) is 5.92 Å². The molecule has 0 spiro atoms. The smallest absolute Gasteiger partial charge is 0.215 e. The number of hydrogen-bond acceptors (Lipinski definition) is 5. The highest BCUT2D eigenvalue weighted by Gasteiger charge is 2.37. The van der Waals surface area contributed by atoms with Crippen LogP contribution < -0.4 is 4.72 Å². The first-order valence-corrected chi connectivity index (χ1v) is 9.54. The van der Waals surface area contributed by atoms with Gasteiger partial charge in [-0.3, -0.25) is 0 Å². The SMILES string of the molecule is O=S1(=O)CCC(S(=O)(=O)NCC2CCCC2O)C1. The Balaban J connectivity index is 1.92. The van der Waals surface area contributed by atoms with Gasteiger partial charge in [0.15, 0.2) is 9.84 Å². The van der Waals surface area contributed by atoms with E-state index in [1.54, 1.807) is 0 Å². The molecule has 1 saturated heterocycles. The van der Waals surface area contributed by atoms with Gasteiger partial charge in [-0.15, -0.1) is 0 Å². The van der Waals surface area contributed by atoms with Crippen molar-refractivity contribution in [3.63, 3.8) is 0 Å². The van der Waals surface area contributed by atoms with Crippen molar-refractivity contribution >= 4 is 19.9 Å². The lowest BCUT2D eigenvalue weighted by atomic mass is 10.1. The maximum atomic E-state index is 11.9. The van der Waals surface area contributed by atoms with E-state index in [1.165, 1.54) is 0 Å². The molecule has 0 bridgehead atoms. The third-order valence-electron chi connectivity index (χ3n) is 3.80. The quantitative estimate of drug-likeness (QED) is 0.711. The molecule has 0 aromatic carbocycles. The Morgan fingerprint density at radius 1 is 1.22 bits per heavy atom. The minimum absolute atomic E-state index is 0.0437. The van der Waals surface area contributed by atoms with E-state index in [0.29, 0.717) is 6.42 Å². The van der Waals surface area contributed by atoms with E-state index in [4.69, 9.17) is 0 Å². The lowest BCUT2D eigenvalue weighted by Crippen LogP contribution is -2.39. The Kier molecular flexibility index (Phi) is 4.01. The number of sulfone groups is 1. The molecule has 2 N–H and O–H groups in total. The molecule has 1 aliphatic carbocycles. The largest absolute Gasteiger partial charge is 0.393 e. The molecule has 18 heavy (non-hydrogen) atoms. The van der Waals surface area contributed by atoms with Crippen molar-refractivity contribution in [2.75, 3.05) is 18.1 Å². The molecule has 106 valence electrons. The topological polar surface area (TPSA) is 101 Å². The summed E-state index contributed by atoms with van der Waals surface area (Å²) in [5, 5.41) is 8.77. The van der Waals surface area contributed by atoms with E-state index in [9.17, 15) is 21.9 Å². The Labute approximate surface area is 108 Å². The second-order valence-corrected chi connectivity index (χ2v) is 9.45. The molecule has 3 unspecified atom stereocenters. The second-order valence-electron chi connectivity index (χ2n) is 5.18. The Morgan fingerprint density at radius 2 is 1.94 bits per heavy atom. The zero-order valence-corrected chi connectivity index (χ0v) is 11.7. The average molecular weight is 297 g/mol. The van der Waals surface area contributed by atoms with Gasteiger partial charge in [0.05, 0.1) is 22.9 Å². The highest BCUT2D eigenvalue weighted by atomic mass is 32.2. The van der Waals surface area contributed by atoms with Crippen LogP contribution in [0.25, 0.3) is 0 Å². The zero-order chi connectivity index (χ0) is 13.4. The van der Waals surface area contributed by atoms with Gasteiger partial charge < -0.3 is 5.11 Å². The predicted molar refractivity (Wildman–Crippen MR) is 67.3 cm³/mol. The molecule has 1 heterocycles. The fourth-order valence-corrected chi connectivity index (χ4v) is 6.74. The van der Waals surface area contributed by atoms with Gasteiger partial charge in [-0.2, -0.15) is 0 Å². The van der Waals surface area contributed by atoms with Crippen LogP contribution in [0.2, 0.25) is 0 Å². The molecule has 0 radical (unpaired) electrons. The highest BCUT2D eigenvalue weighted by molar-refractivity contribution is 7.95. The van der Waals surface area contributed by atoms with Crippen molar-refractivity contribution < 1.29 is 21.9 Å². The molecule has 0 amide bonds. The molecule has 0 aromatic rings. The Bertz CT molecular complexity index is 498. The molecule has 8 heteroatoms. The first-order chi connectivity index (χ1) is 8.30. The summed E-state index contributed by atoms with van der Waals surface area (Å²) in [6, 6.07) is 0. The number of hydrogen-bond donors (Lipinski definition) is 2. The van der Waals surface area contributed by atoms with E-state index in [1.807, 2.05) is 0 Å². The molecule has 1 aliphatic heterocycles. The van der Waals surface area contributed by atoms with Gasteiger partial charge >= 0.3 is 0 Å². The lowest BCUT2D eigenvalue weighted by molar-refractivity contribution is 0.134. The number of aliphatic hydroxyl groups is 1. The number of sulfonamides is 1. The van der Waals surface area contributed by atoms with Crippen molar-refractivity contribution in [2.45, 2.75) is 37.0 Å². The number of nitrogens with one attached hydrogen (secondary N) is 1. The van der Waals surface area contributed by atoms with Crippen LogP contribution in [0.15, 0.2) is 0 Å². The summed E-state index contributed by atoms with van der Waals surface area (Å²) >= 11 is 0. The van der Waals surface area contributed by atoms with Crippen LogP contribution >= 0.6 is 0 Å². The monoisotopic (exact) mass is 297 g/mol.